The topological polar surface area (TPSA) is 90.1 Å². The number of ether oxygens (including phenoxy) is 1. The lowest BCUT2D eigenvalue weighted by Gasteiger charge is -2.07. The first kappa shape index (κ1) is 20.7. The average molecular weight is 440 g/mol. The lowest BCUT2D eigenvalue weighted by atomic mass is 10.1. The van der Waals surface area contributed by atoms with E-state index >= 15 is 0 Å². The van der Waals surface area contributed by atoms with Gasteiger partial charge in [-0.1, -0.05) is 0 Å². The van der Waals surface area contributed by atoms with Crippen LogP contribution in [0, 0.1) is 18.6 Å². The molecule has 4 aromatic rings. The van der Waals surface area contributed by atoms with Crippen LogP contribution in [0.5, 0.6) is 5.88 Å². The summed E-state index contributed by atoms with van der Waals surface area (Å²) in [4.78, 5) is 21.9. The van der Waals surface area contributed by atoms with Gasteiger partial charge in [0.05, 0.1) is 5.69 Å². The molecule has 3 aromatic heterocycles. The van der Waals surface area contributed by atoms with E-state index in [9.17, 15) is 13.6 Å². The number of nitrogens with zero attached hydrogens (tertiary/aromatic N) is 2. The number of carbonyl (C=O) groups excluding carboxylic acids is 1. The fourth-order valence-electron chi connectivity index (χ4n) is 3.09. The van der Waals surface area contributed by atoms with Gasteiger partial charge in [0.1, 0.15) is 27.9 Å². The summed E-state index contributed by atoms with van der Waals surface area (Å²) in [6.07, 6.45) is 3.36. The van der Waals surface area contributed by atoms with Gasteiger partial charge in [-0.2, -0.15) is 0 Å². The number of amides is 1. The Bertz CT molecular complexity index is 1260. The second-order valence-electron chi connectivity index (χ2n) is 6.86. The van der Waals surface area contributed by atoms with Crippen LogP contribution in [0.25, 0.3) is 10.2 Å². The third kappa shape index (κ3) is 4.46. The lowest BCUT2D eigenvalue weighted by Crippen LogP contribution is -2.23. The average Bonchev–Trinajstić information content (AvgIpc) is 3.10. The monoisotopic (exact) mass is 440 g/mol. The summed E-state index contributed by atoms with van der Waals surface area (Å²) in [6, 6.07) is 8.54. The first-order valence-electron chi connectivity index (χ1n) is 9.36. The highest BCUT2D eigenvalue weighted by molar-refractivity contribution is 7.21. The zero-order chi connectivity index (χ0) is 22.0. The third-order valence-electron chi connectivity index (χ3n) is 4.66. The van der Waals surface area contributed by atoms with Gasteiger partial charge >= 0.3 is 0 Å². The highest BCUT2D eigenvalue weighted by atomic mass is 32.1. The first-order chi connectivity index (χ1) is 14.9. The quantitative estimate of drug-likeness (QED) is 0.465. The van der Waals surface area contributed by atoms with Crippen molar-refractivity contribution in [1.82, 2.24) is 15.3 Å². The second-order valence-corrected chi connectivity index (χ2v) is 7.86. The molecular weight excluding hydrogens is 422 g/mol. The van der Waals surface area contributed by atoms with Crippen LogP contribution in [0.1, 0.15) is 26.4 Å². The van der Waals surface area contributed by atoms with Crippen LogP contribution in [0.15, 0.2) is 48.8 Å². The number of thiophene rings is 1. The van der Waals surface area contributed by atoms with Crippen molar-refractivity contribution in [3.8, 4) is 5.88 Å². The Morgan fingerprint density at radius 2 is 1.97 bits per heavy atom. The Labute approximate surface area is 180 Å². The molecule has 0 aliphatic carbocycles. The SMILES string of the molecule is Cc1cc(OCc2ccncc2)nc2sc(C(=O)NCc3cc(F)ccc3F)c(N)c12. The Kier molecular flexibility index (Phi) is 5.77. The number of carbonyl (C=O) groups is 1. The maximum absolute atomic E-state index is 13.8. The predicted molar refractivity (Wildman–Crippen MR) is 115 cm³/mol. The molecule has 9 heteroatoms. The standard InChI is InChI=1S/C22H18F2N4O2S/c1-12-8-17(30-11-13-4-6-26-7-5-13)28-22-18(12)19(25)20(31-22)21(29)27-10-14-9-15(23)2-3-16(14)24/h2-9H,10-11,25H2,1H3,(H,27,29). The van der Waals surface area contributed by atoms with Crippen molar-refractivity contribution < 1.29 is 18.3 Å². The minimum Gasteiger partial charge on any atom is -0.473 e. The number of hydrogen-bond donors (Lipinski definition) is 2. The summed E-state index contributed by atoms with van der Waals surface area (Å²) in [6.45, 7) is 2.02. The largest absolute Gasteiger partial charge is 0.473 e. The van der Waals surface area contributed by atoms with E-state index in [1.165, 1.54) is 0 Å². The summed E-state index contributed by atoms with van der Waals surface area (Å²) in [5.74, 6) is -1.25. The Balaban J connectivity index is 1.54. The molecule has 0 fully saturated rings. The molecule has 0 aliphatic rings. The minimum atomic E-state index is -0.598. The van der Waals surface area contributed by atoms with Crippen LogP contribution in [0.3, 0.4) is 0 Å². The van der Waals surface area contributed by atoms with Gasteiger partial charge in [0, 0.05) is 36.0 Å². The number of anilines is 1. The fourth-order valence-corrected chi connectivity index (χ4v) is 4.17. The number of pyridine rings is 2. The number of hydrogen-bond acceptors (Lipinski definition) is 6. The van der Waals surface area contributed by atoms with Gasteiger partial charge in [0.25, 0.3) is 5.91 Å². The molecule has 1 aromatic carbocycles. The van der Waals surface area contributed by atoms with Crippen molar-refractivity contribution >= 4 is 33.1 Å². The van der Waals surface area contributed by atoms with E-state index < -0.39 is 17.5 Å². The summed E-state index contributed by atoms with van der Waals surface area (Å²) >= 11 is 1.12. The molecule has 3 heterocycles. The summed E-state index contributed by atoms with van der Waals surface area (Å²) in [5.41, 5.74) is 8.32. The number of nitrogens with two attached hydrogens (primary N) is 1. The summed E-state index contributed by atoms with van der Waals surface area (Å²) < 4.78 is 32.9. The third-order valence-corrected chi connectivity index (χ3v) is 5.76. The van der Waals surface area contributed by atoms with Crippen LogP contribution >= 0.6 is 11.3 Å². The Hall–Kier alpha value is -3.59. The van der Waals surface area contributed by atoms with Crippen LogP contribution < -0.4 is 15.8 Å². The molecule has 1 amide bonds. The summed E-state index contributed by atoms with van der Waals surface area (Å²) in [5, 5.41) is 3.26. The molecule has 0 radical (unpaired) electrons. The van der Waals surface area contributed by atoms with E-state index in [0.29, 0.717) is 28.4 Å². The molecular formula is C22H18F2N4O2S. The number of nitrogens with one attached hydrogen (secondary N) is 1. The maximum atomic E-state index is 13.8. The number of nitrogen functional groups attached to an aromatic ring is 1. The zero-order valence-corrected chi connectivity index (χ0v) is 17.3. The van der Waals surface area contributed by atoms with E-state index in [0.717, 1.165) is 40.7 Å². The molecule has 6 nitrogen and oxygen atoms in total. The number of rotatable bonds is 6. The smallest absolute Gasteiger partial charge is 0.263 e. The number of aromatic nitrogens is 2. The Morgan fingerprint density at radius 3 is 2.74 bits per heavy atom. The van der Waals surface area contributed by atoms with Gasteiger partial charge in [-0.25, -0.2) is 13.8 Å². The van der Waals surface area contributed by atoms with Gasteiger partial charge in [-0.15, -0.1) is 11.3 Å². The fraction of sp³-hybridized carbons (Fsp3) is 0.136. The van der Waals surface area contributed by atoms with E-state index in [2.05, 4.69) is 15.3 Å². The molecule has 0 saturated heterocycles. The molecule has 31 heavy (non-hydrogen) atoms. The molecule has 4 rings (SSSR count). The zero-order valence-electron chi connectivity index (χ0n) is 16.5. The van der Waals surface area contributed by atoms with Crippen LogP contribution in [0.4, 0.5) is 14.5 Å². The van der Waals surface area contributed by atoms with Crippen molar-refractivity contribution in [3.63, 3.8) is 0 Å². The molecule has 0 saturated carbocycles. The molecule has 0 unspecified atom stereocenters. The molecule has 0 atom stereocenters. The summed E-state index contributed by atoms with van der Waals surface area (Å²) in [7, 11) is 0. The van der Waals surface area contributed by atoms with Crippen LogP contribution in [0.2, 0.25) is 0 Å². The van der Waals surface area contributed by atoms with Gasteiger partial charge in [-0.05, 0) is 48.4 Å². The molecule has 0 spiro atoms. The van der Waals surface area contributed by atoms with Crippen molar-refractivity contribution in [2.24, 2.45) is 0 Å². The molecule has 0 aliphatic heterocycles. The van der Waals surface area contributed by atoms with Gasteiger partial charge < -0.3 is 15.8 Å². The van der Waals surface area contributed by atoms with Crippen molar-refractivity contribution in [2.75, 3.05) is 5.73 Å². The maximum Gasteiger partial charge on any atom is 0.263 e. The van der Waals surface area contributed by atoms with Crippen molar-refractivity contribution in [2.45, 2.75) is 20.1 Å². The van der Waals surface area contributed by atoms with E-state index in [-0.39, 0.29) is 17.0 Å². The van der Waals surface area contributed by atoms with E-state index in [1.54, 1.807) is 18.5 Å². The highest BCUT2D eigenvalue weighted by Gasteiger charge is 2.20. The first-order valence-corrected chi connectivity index (χ1v) is 10.2. The minimum absolute atomic E-state index is 0.0501. The normalized spacial score (nSPS) is 10.9. The Morgan fingerprint density at radius 1 is 1.19 bits per heavy atom. The lowest BCUT2D eigenvalue weighted by molar-refractivity contribution is 0.0955. The number of benzene rings is 1. The molecule has 0 bridgehead atoms. The van der Waals surface area contributed by atoms with Gasteiger partial charge in [0.15, 0.2) is 0 Å². The highest BCUT2D eigenvalue weighted by Crippen LogP contribution is 2.36. The van der Waals surface area contributed by atoms with Gasteiger partial charge in [0.2, 0.25) is 5.88 Å². The molecule has 158 valence electrons. The van der Waals surface area contributed by atoms with Crippen molar-refractivity contribution in [3.05, 3.63) is 82.0 Å². The van der Waals surface area contributed by atoms with E-state index in [4.69, 9.17) is 10.5 Å². The van der Waals surface area contributed by atoms with Gasteiger partial charge in [-0.3, -0.25) is 9.78 Å². The number of aryl methyl sites for hydroxylation is 1. The number of halogens is 2. The van der Waals surface area contributed by atoms with Crippen LogP contribution in [-0.2, 0) is 13.2 Å². The second kappa shape index (κ2) is 8.65. The van der Waals surface area contributed by atoms with Crippen molar-refractivity contribution in [1.29, 1.82) is 0 Å². The molecule has 3 N–H and O–H groups in total. The predicted octanol–water partition coefficient (Wildman–Crippen LogP) is 4.37. The van der Waals surface area contributed by atoms with E-state index in [1.807, 2.05) is 19.1 Å². The number of fused-ring (bicyclic) bond motifs is 1. The van der Waals surface area contributed by atoms with Crippen LogP contribution in [-0.4, -0.2) is 15.9 Å².